The van der Waals surface area contributed by atoms with E-state index in [1.165, 1.54) is 17.6 Å². The van der Waals surface area contributed by atoms with Crippen LogP contribution in [0.1, 0.15) is 17.4 Å². The maximum atomic E-state index is 11.0. The van der Waals surface area contributed by atoms with Crippen molar-refractivity contribution in [1.29, 1.82) is 0 Å². The third-order valence-electron chi connectivity index (χ3n) is 1.64. The van der Waals surface area contributed by atoms with E-state index in [4.69, 9.17) is 11.6 Å². The number of Topliss-reactive ketones (excluding diaryl/α,β-unsaturated/α-hetero) is 1. The molecule has 0 radical (unpaired) electrons. The number of aromatic nitrogens is 3. The van der Waals surface area contributed by atoms with E-state index < -0.39 is 0 Å². The first-order valence-corrected chi connectivity index (χ1v) is 4.06. The highest BCUT2D eigenvalue weighted by atomic mass is 35.5. The Morgan fingerprint density at radius 2 is 2.38 bits per heavy atom. The van der Waals surface area contributed by atoms with E-state index in [0.717, 1.165) is 0 Å². The fourth-order valence-corrected chi connectivity index (χ4v) is 1.17. The molecule has 0 aliphatic heterocycles. The molecule has 0 saturated carbocycles. The van der Waals surface area contributed by atoms with Crippen molar-refractivity contribution in [2.24, 2.45) is 0 Å². The van der Waals surface area contributed by atoms with Crippen molar-refractivity contribution in [2.45, 2.75) is 6.92 Å². The summed E-state index contributed by atoms with van der Waals surface area (Å²) in [5.74, 6) is -0.0818. The minimum Gasteiger partial charge on any atom is -0.293 e. The molecule has 0 spiro atoms. The maximum absolute atomic E-state index is 11.0. The second kappa shape index (κ2) is 2.81. The van der Waals surface area contributed by atoms with Crippen LogP contribution in [0.15, 0.2) is 18.5 Å². The van der Waals surface area contributed by atoms with Crippen LogP contribution in [0.3, 0.4) is 0 Å². The lowest BCUT2D eigenvalue weighted by Crippen LogP contribution is -1.94. The topological polar surface area (TPSA) is 47.3 Å². The van der Waals surface area contributed by atoms with Crippen LogP contribution in [0, 0.1) is 0 Å². The van der Waals surface area contributed by atoms with Crippen LogP contribution < -0.4 is 0 Å². The lowest BCUT2D eigenvalue weighted by atomic mass is 10.3. The van der Waals surface area contributed by atoms with Gasteiger partial charge in [0.05, 0.1) is 11.2 Å². The number of rotatable bonds is 1. The van der Waals surface area contributed by atoms with Gasteiger partial charge in [0.1, 0.15) is 5.69 Å². The van der Waals surface area contributed by atoms with E-state index >= 15 is 0 Å². The first kappa shape index (κ1) is 8.19. The average molecular weight is 196 g/mol. The van der Waals surface area contributed by atoms with Crippen LogP contribution in [0.4, 0.5) is 0 Å². The fraction of sp³-hybridized carbons (Fsp3) is 0.125. The van der Waals surface area contributed by atoms with Gasteiger partial charge in [-0.25, -0.2) is 9.50 Å². The van der Waals surface area contributed by atoms with Crippen molar-refractivity contribution in [2.75, 3.05) is 0 Å². The van der Waals surface area contributed by atoms with Crippen molar-refractivity contribution in [3.63, 3.8) is 0 Å². The average Bonchev–Trinajstić information content (AvgIpc) is 2.46. The van der Waals surface area contributed by atoms with Gasteiger partial charge in [-0.05, 0) is 0 Å². The van der Waals surface area contributed by atoms with E-state index in [2.05, 4.69) is 10.1 Å². The molecule has 0 aliphatic carbocycles. The van der Waals surface area contributed by atoms with Gasteiger partial charge in [-0.15, -0.1) is 0 Å². The molecule has 0 unspecified atom stereocenters. The lowest BCUT2D eigenvalue weighted by Gasteiger charge is -1.90. The van der Waals surface area contributed by atoms with Gasteiger partial charge in [0.25, 0.3) is 0 Å². The smallest absolute Gasteiger partial charge is 0.180 e. The van der Waals surface area contributed by atoms with E-state index in [-0.39, 0.29) is 5.78 Å². The Labute approximate surface area is 79.2 Å². The van der Waals surface area contributed by atoms with Crippen LogP contribution in [0.2, 0.25) is 5.02 Å². The standard InChI is InChI=1S/C8H6ClN3O/c1-5(13)7-2-8-10-3-6(9)4-12(8)11-7/h2-4H,1H3. The number of halogens is 1. The lowest BCUT2D eigenvalue weighted by molar-refractivity contribution is 0.101. The van der Waals surface area contributed by atoms with Gasteiger partial charge in [0, 0.05) is 19.2 Å². The summed E-state index contributed by atoms with van der Waals surface area (Å²) in [4.78, 5) is 15.0. The summed E-state index contributed by atoms with van der Waals surface area (Å²) in [6, 6.07) is 1.62. The Balaban J connectivity index is 2.68. The van der Waals surface area contributed by atoms with Crippen LogP contribution >= 0.6 is 11.6 Å². The largest absolute Gasteiger partial charge is 0.293 e. The molecule has 2 rings (SSSR count). The molecule has 0 N–H and O–H groups in total. The Bertz CT molecular complexity index is 477. The molecule has 0 fully saturated rings. The molecular weight excluding hydrogens is 190 g/mol. The van der Waals surface area contributed by atoms with Crippen LogP contribution in [0.25, 0.3) is 5.65 Å². The third-order valence-corrected chi connectivity index (χ3v) is 1.84. The van der Waals surface area contributed by atoms with Crippen molar-refractivity contribution < 1.29 is 4.79 Å². The van der Waals surface area contributed by atoms with Crippen LogP contribution in [-0.4, -0.2) is 20.4 Å². The summed E-state index contributed by atoms with van der Waals surface area (Å²) in [6.07, 6.45) is 3.12. The van der Waals surface area contributed by atoms with Gasteiger partial charge in [-0.1, -0.05) is 11.6 Å². The molecule has 0 aromatic carbocycles. The summed E-state index contributed by atoms with van der Waals surface area (Å²) in [5.41, 5.74) is 1.02. The highest BCUT2D eigenvalue weighted by molar-refractivity contribution is 6.30. The summed E-state index contributed by atoms with van der Waals surface area (Å²) in [5, 5.41) is 4.48. The van der Waals surface area contributed by atoms with Gasteiger partial charge < -0.3 is 0 Å². The second-order valence-corrected chi connectivity index (χ2v) is 3.10. The highest BCUT2D eigenvalue weighted by Gasteiger charge is 2.06. The minimum atomic E-state index is -0.0818. The Kier molecular flexibility index (Phi) is 1.77. The number of carbonyl (C=O) groups is 1. The molecule has 66 valence electrons. The maximum Gasteiger partial charge on any atom is 0.180 e. The number of hydrogen-bond acceptors (Lipinski definition) is 3. The molecule has 5 heteroatoms. The number of carbonyl (C=O) groups excluding carboxylic acids is 1. The number of nitrogens with zero attached hydrogens (tertiary/aromatic N) is 3. The molecular formula is C8H6ClN3O. The van der Waals surface area contributed by atoms with Crippen molar-refractivity contribution >= 4 is 23.0 Å². The van der Waals surface area contributed by atoms with E-state index in [1.54, 1.807) is 12.3 Å². The number of ketones is 1. The van der Waals surface area contributed by atoms with Gasteiger partial charge in [-0.3, -0.25) is 4.79 Å². The zero-order chi connectivity index (χ0) is 9.42. The molecule has 4 nitrogen and oxygen atoms in total. The predicted molar refractivity (Wildman–Crippen MR) is 48.0 cm³/mol. The molecule has 0 atom stereocenters. The molecule has 13 heavy (non-hydrogen) atoms. The van der Waals surface area contributed by atoms with Crippen molar-refractivity contribution in [1.82, 2.24) is 14.6 Å². The van der Waals surface area contributed by atoms with E-state index in [0.29, 0.717) is 16.4 Å². The quantitative estimate of drug-likeness (QED) is 0.650. The van der Waals surface area contributed by atoms with Gasteiger partial charge in [0.2, 0.25) is 0 Å². The summed E-state index contributed by atoms with van der Waals surface area (Å²) < 4.78 is 1.49. The molecule has 0 aliphatic rings. The van der Waals surface area contributed by atoms with Crippen LogP contribution in [0.5, 0.6) is 0 Å². The van der Waals surface area contributed by atoms with Gasteiger partial charge >= 0.3 is 0 Å². The SMILES string of the molecule is CC(=O)c1cc2ncc(Cl)cn2n1. The van der Waals surface area contributed by atoms with Crippen LogP contribution in [-0.2, 0) is 0 Å². The minimum absolute atomic E-state index is 0.0818. The number of hydrogen-bond donors (Lipinski definition) is 0. The molecule has 0 bridgehead atoms. The molecule has 2 aromatic rings. The second-order valence-electron chi connectivity index (χ2n) is 2.66. The third kappa shape index (κ3) is 1.40. The highest BCUT2D eigenvalue weighted by Crippen LogP contribution is 2.09. The number of fused-ring (bicyclic) bond motifs is 1. The predicted octanol–water partition coefficient (Wildman–Crippen LogP) is 1.59. The zero-order valence-corrected chi connectivity index (χ0v) is 7.62. The molecule has 2 heterocycles. The van der Waals surface area contributed by atoms with E-state index in [9.17, 15) is 4.79 Å². The molecule has 0 saturated heterocycles. The van der Waals surface area contributed by atoms with Gasteiger partial charge in [-0.2, -0.15) is 5.10 Å². The van der Waals surface area contributed by atoms with Crippen molar-refractivity contribution in [3.8, 4) is 0 Å². The van der Waals surface area contributed by atoms with Gasteiger partial charge in [0.15, 0.2) is 11.4 Å². The Morgan fingerprint density at radius 3 is 3.08 bits per heavy atom. The Hall–Kier alpha value is -1.42. The van der Waals surface area contributed by atoms with E-state index in [1.807, 2.05) is 0 Å². The fourth-order valence-electron chi connectivity index (χ4n) is 1.03. The normalized spacial score (nSPS) is 10.6. The van der Waals surface area contributed by atoms with Crippen molar-refractivity contribution in [3.05, 3.63) is 29.2 Å². The zero-order valence-electron chi connectivity index (χ0n) is 6.86. The first-order chi connectivity index (χ1) is 6.16. The molecule has 2 aromatic heterocycles. The Morgan fingerprint density at radius 1 is 1.62 bits per heavy atom. The first-order valence-electron chi connectivity index (χ1n) is 3.69. The monoisotopic (exact) mass is 195 g/mol. The summed E-state index contributed by atoms with van der Waals surface area (Å²) in [6.45, 7) is 1.46. The molecule has 0 amide bonds. The summed E-state index contributed by atoms with van der Waals surface area (Å²) in [7, 11) is 0. The summed E-state index contributed by atoms with van der Waals surface area (Å²) >= 11 is 5.70.